The Morgan fingerprint density at radius 2 is 1.36 bits per heavy atom. The molecule has 0 saturated carbocycles. The molecule has 0 radical (unpaired) electrons. The van der Waals surface area contributed by atoms with Gasteiger partial charge in [0.05, 0.1) is 34.9 Å². The number of nitrogens with two attached hydrogens (primary N) is 1. The summed E-state index contributed by atoms with van der Waals surface area (Å²) in [6.07, 6.45) is -21.2. The minimum Gasteiger partial charge on any atom is -0.386 e. The Hall–Kier alpha value is -4.23. The van der Waals surface area contributed by atoms with E-state index in [4.69, 9.17) is 11.0 Å². The molecule has 0 spiro atoms. The van der Waals surface area contributed by atoms with Crippen LogP contribution in [0.3, 0.4) is 0 Å². The van der Waals surface area contributed by atoms with Crippen molar-refractivity contribution in [1.29, 1.82) is 5.26 Å². The van der Waals surface area contributed by atoms with Crippen molar-refractivity contribution < 1.29 is 57.5 Å². The van der Waals surface area contributed by atoms with E-state index in [1.807, 2.05) is 0 Å². The maximum Gasteiger partial charge on any atom is 0.431 e. The fourth-order valence-corrected chi connectivity index (χ4v) is 3.61. The number of nitriles is 1. The van der Waals surface area contributed by atoms with Gasteiger partial charge in [-0.15, -0.1) is 0 Å². The van der Waals surface area contributed by atoms with Gasteiger partial charge in [-0.05, 0) is 36.4 Å². The molecule has 0 aliphatic carbocycles. The average Bonchev–Trinajstić information content (AvgIpc) is 3.14. The zero-order chi connectivity index (χ0) is 29.7. The van der Waals surface area contributed by atoms with Crippen molar-refractivity contribution in [2.75, 3.05) is 0 Å². The number of nitrogens with zero attached hydrogens (tertiary/aromatic N) is 3. The lowest BCUT2D eigenvalue weighted by Crippen LogP contribution is -2.24. The molecule has 2 N–H and O–H groups in total. The highest BCUT2D eigenvalue weighted by atomic mass is 19.4. The maximum atomic E-state index is 13.7. The van der Waals surface area contributed by atoms with Crippen LogP contribution in [-0.2, 0) is 31.2 Å². The molecule has 17 heteroatoms. The van der Waals surface area contributed by atoms with E-state index in [9.17, 15) is 57.5 Å². The van der Waals surface area contributed by atoms with Crippen molar-refractivity contribution in [3.63, 3.8) is 0 Å². The van der Waals surface area contributed by atoms with Crippen LogP contribution in [0.4, 0.5) is 52.7 Å². The molecule has 3 aromatic rings. The highest BCUT2D eigenvalue weighted by Gasteiger charge is 2.41. The van der Waals surface area contributed by atoms with Gasteiger partial charge in [-0.2, -0.15) is 62.9 Å². The predicted molar refractivity (Wildman–Crippen MR) is 109 cm³/mol. The van der Waals surface area contributed by atoms with Crippen molar-refractivity contribution >= 4 is 22.6 Å². The number of carbonyl (C=O) groups excluding carboxylic acids is 1. The minimum absolute atomic E-state index is 0.0135. The third-order valence-electron chi connectivity index (χ3n) is 5.18. The third kappa shape index (κ3) is 6.10. The van der Waals surface area contributed by atoms with E-state index in [1.54, 1.807) is 0 Å². The van der Waals surface area contributed by atoms with Gasteiger partial charge in [0.25, 0.3) is 5.91 Å². The normalized spacial score (nSPS) is 13.6. The number of aromatic nitrogens is 1. The summed E-state index contributed by atoms with van der Waals surface area (Å²) in [5.41, 5.74) is -4.72. The Morgan fingerprint density at radius 1 is 0.821 bits per heavy atom. The van der Waals surface area contributed by atoms with Crippen LogP contribution in [0.2, 0.25) is 0 Å². The molecule has 0 bridgehead atoms. The molecule has 3 rings (SSSR count). The summed E-state index contributed by atoms with van der Waals surface area (Å²) < 4.78 is 160. The van der Waals surface area contributed by atoms with Crippen molar-refractivity contribution in [3.05, 3.63) is 69.9 Å². The zero-order valence-electron chi connectivity index (χ0n) is 18.5. The Bertz CT molecular complexity index is 1480. The van der Waals surface area contributed by atoms with Crippen molar-refractivity contribution in [3.8, 4) is 6.07 Å². The summed E-state index contributed by atoms with van der Waals surface area (Å²) in [4.78, 5) is 15.4. The van der Waals surface area contributed by atoms with Crippen LogP contribution in [0.25, 0.3) is 10.9 Å². The second kappa shape index (κ2) is 9.50. The van der Waals surface area contributed by atoms with Crippen LogP contribution >= 0.6 is 0 Å². The van der Waals surface area contributed by atoms with E-state index in [1.165, 1.54) is 6.07 Å². The van der Waals surface area contributed by atoms with Crippen molar-refractivity contribution in [1.82, 2.24) is 4.57 Å². The number of hydrogen-bond donors (Lipinski definition) is 1. The summed E-state index contributed by atoms with van der Waals surface area (Å²) in [5.74, 6) is -2.89. The fraction of sp³-hybridized carbons (Fsp3) is 0.227. The predicted octanol–water partition coefficient (Wildman–Crippen LogP) is 6.79. The van der Waals surface area contributed by atoms with Crippen LogP contribution in [0.5, 0.6) is 0 Å². The number of aliphatic imine (C=N–C) groups is 1. The lowest BCUT2D eigenvalue weighted by molar-refractivity contribution is -0.144. The van der Waals surface area contributed by atoms with Gasteiger partial charge < -0.3 is 10.3 Å². The summed E-state index contributed by atoms with van der Waals surface area (Å²) >= 11 is 0. The number of benzene rings is 2. The van der Waals surface area contributed by atoms with E-state index in [2.05, 4.69) is 4.99 Å². The van der Waals surface area contributed by atoms with Gasteiger partial charge in [0, 0.05) is 16.5 Å². The smallest absolute Gasteiger partial charge is 0.386 e. The Kier molecular flexibility index (Phi) is 7.15. The van der Waals surface area contributed by atoms with E-state index < -0.39 is 87.4 Å². The first kappa shape index (κ1) is 29.3. The number of hydrogen-bond acceptors (Lipinski definition) is 2. The molecule has 1 heterocycles. The molecule has 39 heavy (non-hydrogen) atoms. The molecule has 208 valence electrons. The Labute approximate surface area is 208 Å². The van der Waals surface area contributed by atoms with Crippen LogP contribution in [0.1, 0.15) is 38.3 Å². The number of halogens is 12. The third-order valence-corrected chi connectivity index (χ3v) is 5.18. The lowest BCUT2D eigenvalue weighted by atomic mass is 10.0. The summed E-state index contributed by atoms with van der Waals surface area (Å²) in [7, 11) is 0. The van der Waals surface area contributed by atoms with Crippen molar-refractivity contribution in [2.45, 2.75) is 31.2 Å². The van der Waals surface area contributed by atoms with E-state index >= 15 is 0 Å². The number of fused-ring (bicyclic) bond motifs is 1. The maximum absolute atomic E-state index is 13.7. The second-order valence-electron chi connectivity index (χ2n) is 7.85. The first-order chi connectivity index (χ1) is 17.6. The first-order valence-corrected chi connectivity index (χ1v) is 10.0. The highest BCUT2D eigenvalue weighted by Crippen LogP contribution is 2.42. The molecule has 0 unspecified atom stereocenters. The molecule has 0 atom stereocenters. The Balaban J connectivity index is 2.15. The zero-order valence-corrected chi connectivity index (χ0v) is 18.5. The molecule has 1 aromatic heterocycles. The molecule has 1 amide bonds. The standard InChI is InChI=1S/C22H10F12N4O/c23-19(24,25)11-3-10(4-12(5-11)20(26,27)28)18(39)37-16(36)8-38-14-2-1-9(7-35)17(22(32,33)34)13(14)6-15(38)21(29,30)31/h1-6H,8H2,(H2,36,37,39). The number of amides is 1. The second-order valence-corrected chi connectivity index (χ2v) is 7.85. The summed E-state index contributed by atoms with van der Waals surface area (Å²) in [5, 5.41) is 7.92. The lowest BCUT2D eigenvalue weighted by Gasteiger charge is -2.14. The van der Waals surface area contributed by atoms with Crippen LogP contribution < -0.4 is 5.73 Å². The minimum atomic E-state index is -5.32. The number of carbonyl (C=O) groups is 1. The average molecular weight is 574 g/mol. The van der Waals surface area contributed by atoms with Gasteiger partial charge in [0.2, 0.25) is 0 Å². The van der Waals surface area contributed by atoms with E-state index in [0.717, 1.165) is 6.07 Å². The summed E-state index contributed by atoms with van der Waals surface area (Å²) in [6, 6.07) is 2.36. The summed E-state index contributed by atoms with van der Waals surface area (Å²) in [6.45, 7) is -1.25. The van der Waals surface area contributed by atoms with Gasteiger partial charge in [0.1, 0.15) is 11.5 Å². The van der Waals surface area contributed by atoms with Gasteiger partial charge in [-0.3, -0.25) is 4.79 Å². The quantitative estimate of drug-likeness (QED) is 0.213. The topological polar surface area (TPSA) is 84.2 Å². The van der Waals surface area contributed by atoms with Gasteiger partial charge >= 0.3 is 24.7 Å². The number of rotatable bonds is 3. The van der Waals surface area contributed by atoms with Gasteiger partial charge in [-0.25, -0.2) is 0 Å². The van der Waals surface area contributed by atoms with E-state index in [-0.39, 0.29) is 28.8 Å². The largest absolute Gasteiger partial charge is 0.431 e. The fourth-order valence-electron chi connectivity index (χ4n) is 3.61. The molecule has 5 nitrogen and oxygen atoms in total. The molecular formula is C22H10F12N4O. The number of amidine groups is 1. The Morgan fingerprint density at radius 3 is 1.79 bits per heavy atom. The van der Waals surface area contributed by atoms with E-state index in [0.29, 0.717) is 6.07 Å². The molecule has 0 fully saturated rings. The molecular weight excluding hydrogens is 564 g/mol. The molecule has 0 aliphatic rings. The number of alkyl halides is 12. The molecule has 0 saturated heterocycles. The molecule has 2 aromatic carbocycles. The monoisotopic (exact) mass is 574 g/mol. The SMILES string of the molecule is N#Cc1ccc2c(cc(C(F)(F)F)n2CC(N)=NC(=O)c2cc(C(F)(F)F)cc(C(F)(F)F)c2)c1C(F)(F)F. The van der Waals surface area contributed by atoms with Crippen LogP contribution in [0.15, 0.2) is 41.4 Å². The van der Waals surface area contributed by atoms with Crippen molar-refractivity contribution in [2.24, 2.45) is 10.7 Å². The first-order valence-electron chi connectivity index (χ1n) is 10.0. The molecule has 0 aliphatic heterocycles. The van der Waals surface area contributed by atoms with Crippen LogP contribution in [-0.4, -0.2) is 16.3 Å². The van der Waals surface area contributed by atoms with Gasteiger partial charge in [0.15, 0.2) is 0 Å². The van der Waals surface area contributed by atoms with Gasteiger partial charge in [-0.1, -0.05) is 0 Å². The highest BCUT2D eigenvalue weighted by molar-refractivity contribution is 6.03. The van der Waals surface area contributed by atoms with Crippen LogP contribution in [0, 0.1) is 11.3 Å².